The van der Waals surface area contributed by atoms with Crippen molar-refractivity contribution in [3.63, 3.8) is 0 Å². The standard InChI is InChI=1S/C29H28N4O3S/c1-35-24-14-13-23(19-25(24)36-2)30-28(34)33-17-15-29(16-18-33)31-26(22-11-7-4-8-12-22)27(32-29)37-20-21-9-5-3-6-10-21/h4-5,7-14,19H,15-18,20H2,1-2H3,(H,30,34). The molecule has 37 heavy (non-hydrogen) atoms. The van der Waals surface area contributed by atoms with Crippen molar-refractivity contribution < 1.29 is 14.3 Å². The number of carbonyl (C=O) groups excluding carboxylic acids is 1. The van der Waals surface area contributed by atoms with Crippen LogP contribution in [0.25, 0.3) is 0 Å². The Morgan fingerprint density at radius 3 is 2.51 bits per heavy atom. The molecule has 1 fully saturated rings. The van der Waals surface area contributed by atoms with E-state index in [0.717, 1.165) is 22.1 Å². The third-order valence-electron chi connectivity index (χ3n) is 6.46. The highest BCUT2D eigenvalue weighted by atomic mass is 32.2. The lowest BCUT2D eigenvalue weighted by atomic mass is 9.98. The van der Waals surface area contributed by atoms with Crippen molar-refractivity contribution in [2.75, 3.05) is 32.6 Å². The summed E-state index contributed by atoms with van der Waals surface area (Å²) >= 11 is 1.69. The number of piperidine rings is 1. The number of hydrogen-bond acceptors (Lipinski definition) is 6. The largest absolute Gasteiger partial charge is 0.493 e. The van der Waals surface area contributed by atoms with E-state index in [-0.39, 0.29) is 6.03 Å². The van der Waals surface area contributed by atoms with Gasteiger partial charge < -0.3 is 19.7 Å². The van der Waals surface area contributed by atoms with E-state index in [0.29, 0.717) is 43.1 Å². The Morgan fingerprint density at radius 2 is 1.81 bits per heavy atom. The summed E-state index contributed by atoms with van der Waals surface area (Å²) in [4.78, 5) is 25.1. The van der Waals surface area contributed by atoms with Crippen LogP contribution in [0.5, 0.6) is 11.5 Å². The minimum absolute atomic E-state index is 0.150. The first-order valence-corrected chi connectivity index (χ1v) is 13.1. The summed E-state index contributed by atoms with van der Waals surface area (Å²) in [5.41, 5.74) is 3.28. The molecule has 3 aromatic rings. The van der Waals surface area contributed by atoms with Crippen LogP contribution >= 0.6 is 11.8 Å². The molecule has 188 valence electrons. The minimum atomic E-state index is -0.537. The number of methoxy groups -OCH3 is 2. The quantitative estimate of drug-likeness (QED) is 0.476. The van der Waals surface area contributed by atoms with Gasteiger partial charge in [-0.1, -0.05) is 54.2 Å². The number of likely N-dealkylation sites (tertiary alicyclic amines) is 1. The Balaban J connectivity index is 1.28. The number of hydrogen-bond donors (Lipinski definition) is 1. The molecule has 1 saturated heterocycles. The van der Waals surface area contributed by atoms with Gasteiger partial charge in [-0.3, -0.25) is 4.99 Å². The monoisotopic (exact) mass is 512 g/mol. The molecule has 0 bridgehead atoms. The topological polar surface area (TPSA) is 75.5 Å². The maximum absolute atomic E-state index is 13.0. The van der Waals surface area contributed by atoms with Gasteiger partial charge in [-0.2, -0.15) is 0 Å². The van der Waals surface area contributed by atoms with Crippen molar-refractivity contribution in [2.45, 2.75) is 24.3 Å². The van der Waals surface area contributed by atoms with E-state index in [2.05, 4.69) is 29.6 Å². The average Bonchev–Trinajstić information content (AvgIpc) is 3.30. The SMILES string of the molecule is COc1ccc(NC(=O)N2CCC3(CC2)N=C(SCc2cc#ccc2)C(c2ccccc2)=N3)cc1OC. The smallest absolute Gasteiger partial charge is 0.321 e. The van der Waals surface area contributed by atoms with Crippen LogP contribution in [0.4, 0.5) is 10.5 Å². The highest BCUT2D eigenvalue weighted by Gasteiger charge is 2.40. The Morgan fingerprint density at radius 1 is 1.03 bits per heavy atom. The molecule has 3 aromatic carbocycles. The second-order valence-corrected chi connectivity index (χ2v) is 9.81. The molecule has 2 amide bonds. The predicted octanol–water partition coefficient (Wildman–Crippen LogP) is 5.46. The number of benzene rings is 2. The Bertz CT molecular complexity index is 1300. The van der Waals surface area contributed by atoms with Gasteiger partial charge in [0, 0.05) is 49.0 Å². The van der Waals surface area contributed by atoms with Crippen molar-refractivity contribution in [3.05, 3.63) is 90.0 Å². The fraction of sp³-hybridized carbons (Fsp3) is 0.276. The molecule has 0 aliphatic carbocycles. The normalized spacial score (nSPS) is 16.0. The van der Waals surface area contributed by atoms with Crippen LogP contribution in [0.3, 0.4) is 0 Å². The number of carbonyl (C=O) groups is 1. The maximum atomic E-state index is 13.0. The van der Waals surface area contributed by atoms with Gasteiger partial charge in [0.15, 0.2) is 17.2 Å². The van der Waals surface area contributed by atoms with Gasteiger partial charge >= 0.3 is 6.03 Å². The lowest BCUT2D eigenvalue weighted by Gasteiger charge is -2.35. The summed E-state index contributed by atoms with van der Waals surface area (Å²) in [6, 6.07) is 27.2. The molecular weight excluding hydrogens is 484 g/mol. The van der Waals surface area contributed by atoms with Gasteiger partial charge in [0.2, 0.25) is 0 Å². The van der Waals surface area contributed by atoms with Crippen molar-refractivity contribution in [1.29, 1.82) is 0 Å². The molecule has 2 aliphatic heterocycles. The van der Waals surface area contributed by atoms with E-state index >= 15 is 0 Å². The zero-order valence-corrected chi connectivity index (χ0v) is 21.7. The minimum Gasteiger partial charge on any atom is -0.493 e. The van der Waals surface area contributed by atoms with Crippen LogP contribution in [-0.2, 0) is 5.75 Å². The summed E-state index contributed by atoms with van der Waals surface area (Å²) in [5, 5.41) is 3.92. The van der Waals surface area contributed by atoms with Crippen LogP contribution in [0.2, 0.25) is 0 Å². The number of ether oxygens (including phenoxy) is 2. The first-order chi connectivity index (χ1) is 18.1. The number of thioether (sulfide) groups is 1. The molecule has 5 rings (SSSR count). The lowest BCUT2D eigenvalue weighted by Crippen LogP contribution is -2.46. The molecule has 0 saturated carbocycles. The Hall–Kier alpha value is -3.96. The molecular formula is C29H28N4O3S. The molecule has 1 spiro atoms. The average molecular weight is 513 g/mol. The second-order valence-electron chi connectivity index (χ2n) is 8.84. The number of urea groups is 1. The third kappa shape index (κ3) is 5.57. The molecule has 7 nitrogen and oxygen atoms in total. The van der Waals surface area contributed by atoms with Crippen molar-refractivity contribution in [2.24, 2.45) is 9.98 Å². The molecule has 0 aromatic heterocycles. The summed E-state index contributed by atoms with van der Waals surface area (Å²) in [6.07, 6.45) is 1.33. The lowest BCUT2D eigenvalue weighted by molar-refractivity contribution is 0.175. The molecule has 8 heteroatoms. The first kappa shape index (κ1) is 24.7. The van der Waals surface area contributed by atoms with Crippen molar-refractivity contribution in [1.82, 2.24) is 4.90 Å². The molecule has 0 radical (unpaired) electrons. The molecule has 0 atom stereocenters. The zero-order chi connectivity index (χ0) is 25.7. The summed E-state index contributed by atoms with van der Waals surface area (Å²) in [5.74, 6) is 1.97. The molecule has 2 heterocycles. The van der Waals surface area contributed by atoms with Crippen LogP contribution in [0.15, 0.2) is 76.7 Å². The number of amides is 2. The van der Waals surface area contributed by atoms with E-state index in [9.17, 15) is 4.79 Å². The van der Waals surface area contributed by atoms with Gasteiger partial charge in [0.1, 0.15) is 5.04 Å². The van der Waals surface area contributed by atoms with Gasteiger partial charge in [0.05, 0.1) is 19.9 Å². The van der Waals surface area contributed by atoms with Gasteiger partial charge in [-0.05, 0) is 35.9 Å². The molecule has 2 aliphatic rings. The molecule has 0 unspecified atom stereocenters. The fourth-order valence-corrected chi connectivity index (χ4v) is 5.45. The summed E-state index contributed by atoms with van der Waals surface area (Å²) in [7, 11) is 3.16. The van der Waals surface area contributed by atoms with E-state index in [1.165, 1.54) is 5.56 Å². The number of nitrogens with zero attached hydrogens (tertiary/aromatic N) is 3. The number of anilines is 1. The van der Waals surface area contributed by atoms with Gasteiger partial charge in [-0.25, -0.2) is 9.79 Å². The van der Waals surface area contributed by atoms with Crippen LogP contribution in [0.1, 0.15) is 24.0 Å². The second kappa shape index (κ2) is 11.0. The molecule has 1 N–H and O–H groups in total. The highest BCUT2D eigenvalue weighted by molar-refractivity contribution is 8.15. The number of rotatable bonds is 6. The summed E-state index contributed by atoms with van der Waals surface area (Å²) < 4.78 is 10.6. The van der Waals surface area contributed by atoms with E-state index in [1.54, 1.807) is 44.2 Å². The maximum Gasteiger partial charge on any atom is 0.321 e. The summed E-state index contributed by atoms with van der Waals surface area (Å²) in [6.45, 7) is 1.13. The van der Waals surface area contributed by atoms with Crippen LogP contribution in [0, 0.1) is 12.1 Å². The Labute approximate surface area is 221 Å². The van der Waals surface area contributed by atoms with Gasteiger partial charge in [0.25, 0.3) is 0 Å². The zero-order valence-electron chi connectivity index (χ0n) is 20.9. The van der Waals surface area contributed by atoms with Crippen molar-refractivity contribution >= 4 is 34.2 Å². The van der Waals surface area contributed by atoms with E-state index in [4.69, 9.17) is 19.5 Å². The van der Waals surface area contributed by atoms with Gasteiger partial charge in [-0.15, -0.1) is 0 Å². The van der Waals surface area contributed by atoms with E-state index < -0.39 is 5.66 Å². The fourth-order valence-electron chi connectivity index (χ4n) is 4.44. The Kier molecular flexibility index (Phi) is 7.33. The number of nitrogens with one attached hydrogen (secondary N) is 1. The van der Waals surface area contributed by atoms with Crippen molar-refractivity contribution in [3.8, 4) is 11.5 Å². The van der Waals surface area contributed by atoms with Crippen LogP contribution in [-0.4, -0.2) is 54.7 Å². The third-order valence-corrected chi connectivity index (χ3v) is 7.50. The first-order valence-electron chi connectivity index (χ1n) is 12.1. The number of aliphatic imine (C=N–C) groups is 2. The van der Waals surface area contributed by atoms with Crippen LogP contribution < -0.4 is 14.8 Å². The predicted molar refractivity (Wildman–Crippen MR) is 148 cm³/mol. The van der Waals surface area contributed by atoms with E-state index in [1.807, 2.05) is 41.3 Å². The highest BCUT2D eigenvalue weighted by Crippen LogP contribution is 2.36.